The lowest BCUT2D eigenvalue weighted by molar-refractivity contribution is 0.199. The van der Waals surface area contributed by atoms with Crippen molar-refractivity contribution in [1.29, 1.82) is 0 Å². The molecule has 2 aliphatic rings. The first-order chi connectivity index (χ1) is 7.39. The monoisotopic (exact) mass is 224 g/mol. The van der Waals surface area contributed by atoms with Crippen LogP contribution in [0.1, 0.15) is 47.0 Å². The zero-order valence-electron chi connectivity index (χ0n) is 11.5. The summed E-state index contributed by atoms with van der Waals surface area (Å²) < 4.78 is 0. The Hall–Kier alpha value is -0.0800. The molecule has 2 rings (SSSR count). The molecular formula is C14H28N2. The van der Waals surface area contributed by atoms with E-state index in [-0.39, 0.29) is 0 Å². The highest BCUT2D eigenvalue weighted by Crippen LogP contribution is 2.34. The van der Waals surface area contributed by atoms with Gasteiger partial charge in [-0.3, -0.25) is 0 Å². The summed E-state index contributed by atoms with van der Waals surface area (Å²) in [5, 5.41) is 3.67. The van der Waals surface area contributed by atoms with Gasteiger partial charge in [-0.2, -0.15) is 0 Å². The summed E-state index contributed by atoms with van der Waals surface area (Å²) in [6, 6.07) is 0. The molecule has 2 aliphatic heterocycles. The van der Waals surface area contributed by atoms with Gasteiger partial charge in [0.2, 0.25) is 0 Å². The number of nitrogens with one attached hydrogen (secondary N) is 1. The van der Waals surface area contributed by atoms with Crippen molar-refractivity contribution in [3.05, 3.63) is 0 Å². The largest absolute Gasteiger partial charge is 0.310 e. The number of hydrogen-bond acceptors (Lipinski definition) is 2. The van der Waals surface area contributed by atoms with E-state index >= 15 is 0 Å². The van der Waals surface area contributed by atoms with E-state index < -0.39 is 0 Å². The molecule has 16 heavy (non-hydrogen) atoms. The third-order valence-electron chi connectivity index (χ3n) is 4.53. The topological polar surface area (TPSA) is 15.3 Å². The zero-order chi connectivity index (χ0) is 11.8. The van der Waals surface area contributed by atoms with Crippen LogP contribution in [0.3, 0.4) is 0 Å². The molecule has 2 fully saturated rings. The molecule has 94 valence electrons. The van der Waals surface area contributed by atoms with Gasteiger partial charge in [-0.05, 0) is 50.6 Å². The molecule has 0 amide bonds. The molecule has 2 nitrogen and oxygen atoms in total. The molecule has 0 bridgehead atoms. The van der Waals surface area contributed by atoms with Crippen LogP contribution in [0, 0.1) is 11.3 Å². The van der Waals surface area contributed by atoms with Crippen molar-refractivity contribution < 1.29 is 0 Å². The van der Waals surface area contributed by atoms with E-state index in [1.807, 2.05) is 0 Å². The molecular weight excluding hydrogens is 196 g/mol. The fraction of sp³-hybridized carbons (Fsp3) is 1.00. The van der Waals surface area contributed by atoms with Crippen LogP contribution in [-0.4, -0.2) is 36.6 Å². The zero-order valence-corrected chi connectivity index (χ0v) is 11.5. The lowest BCUT2D eigenvalue weighted by Gasteiger charge is -2.32. The normalized spacial score (nSPS) is 37.1. The highest BCUT2D eigenvalue weighted by atomic mass is 15.2. The van der Waals surface area contributed by atoms with Gasteiger partial charge in [0.1, 0.15) is 0 Å². The molecule has 2 heterocycles. The third-order valence-corrected chi connectivity index (χ3v) is 4.53. The van der Waals surface area contributed by atoms with Gasteiger partial charge >= 0.3 is 0 Å². The molecule has 0 aromatic rings. The van der Waals surface area contributed by atoms with Gasteiger partial charge in [0.15, 0.2) is 0 Å². The quantitative estimate of drug-likeness (QED) is 0.775. The standard InChI is InChI=1S/C14H28N2/c1-13(2,3)12-6-9-16(10-12)11-14(4)7-5-8-15-14/h12,15H,5-11H2,1-4H3. The van der Waals surface area contributed by atoms with E-state index in [9.17, 15) is 0 Å². The second-order valence-corrected chi connectivity index (χ2v) is 7.18. The Balaban J connectivity index is 1.85. The summed E-state index contributed by atoms with van der Waals surface area (Å²) >= 11 is 0. The Kier molecular flexibility index (Phi) is 3.33. The molecule has 0 saturated carbocycles. The summed E-state index contributed by atoms with van der Waals surface area (Å²) in [5.41, 5.74) is 0.880. The van der Waals surface area contributed by atoms with Crippen LogP contribution in [0.25, 0.3) is 0 Å². The number of hydrogen-bond donors (Lipinski definition) is 1. The van der Waals surface area contributed by atoms with Crippen molar-refractivity contribution in [1.82, 2.24) is 10.2 Å². The maximum Gasteiger partial charge on any atom is 0.0280 e. The van der Waals surface area contributed by atoms with Crippen LogP contribution in [-0.2, 0) is 0 Å². The Morgan fingerprint density at radius 1 is 1.38 bits per heavy atom. The number of nitrogens with zero attached hydrogens (tertiary/aromatic N) is 1. The van der Waals surface area contributed by atoms with Crippen molar-refractivity contribution in [3.8, 4) is 0 Å². The first-order valence-corrected chi connectivity index (χ1v) is 6.86. The Labute approximate surface area is 101 Å². The summed E-state index contributed by atoms with van der Waals surface area (Å²) in [4.78, 5) is 2.67. The molecule has 0 aromatic heterocycles. The lowest BCUT2D eigenvalue weighted by atomic mass is 9.80. The van der Waals surface area contributed by atoms with Gasteiger partial charge in [0, 0.05) is 18.6 Å². The number of likely N-dealkylation sites (tertiary alicyclic amines) is 1. The molecule has 2 unspecified atom stereocenters. The van der Waals surface area contributed by atoms with E-state index in [1.54, 1.807) is 0 Å². The fourth-order valence-electron chi connectivity index (χ4n) is 3.27. The molecule has 2 heteroatoms. The van der Waals surface area contributed by atoms with Crippen LogP contribution in [0.15, 0.2) is 0 Å². The smallest absolute Gasteiger partial charge is 0.0280 e. The highest BCUT2D eigenvalue weighted by Gasteiger charge is 2.36. The minimum Gasteiger partial charge on any atom is -0.310 e. The van der Waals surface area contributed by atoms with Gasteiger partial charge in [0.05, 0.1) is 0 Å². The second-order valence-electron chi connectivity index (χ2n) is 7.18. The summed E-state index contributed by atoms with van der Waals surface area (Å²) in [5.74, 6) is 0.887. The van der Waals surface area contributed by atoms with Gasteiger partial charge < -0.3 is 10.2 Å². The summed E-state index contributed by atoms with van der Waals surface area (Å²) in [6.45, 7) is 14.6. The van der Waals surface area contributed by atoms with E-state index in [0.717, 1.165) is 5.92 Å². The van der Waals surface area contributed by atoms with Crippen LogP contribution in [0.5, 0.6) is 0 Å². The third kappa shape index (κ3) is 2.78. The van der Waals surface area contributed by atoms with Crippen molar-refractivity contribution in [3.63, 3.8) is 0 Å². The Morgan fingerprint density at radius 2 is 2.12 bits per heavy atom. The first-order valence-electron chi connectivity index (χ1n) is 6.86. The molecule has 0 radical (unpaired) electrons. The van der Waals surface area contributed by atoms with E-state index in [0.29, 0.717) is 11.0 Å². The average molecular weight is 224 g/mol. The fourth-order valence-corrected chi connectivity index (χ4v) is 3.27. The molecule has 1 N–H and O–H groups in total. The van der Waals surface area contributed by atoms with Gasteiger partial charge in [-0.1, -0.05) is 20.8 Å². The van der Waals surface area contributed by atoms with E-state index in [1.165, 1.54) is 45.4 Å². The maximum absolute atomic E-state index is 3.67. The predicted octanol–water partition coefficient (Wildman–Crippen LogP) is 2.50. The van der Waals surface area contributed by atoms with Crippen molar-refractivity contribution in [2.75, 3.05) is 26.2 Å². The average Bonchev–Trinajstić information content (AvgIpc) is 2.74. The van der Waals surface area contributed by atoms with Gasteiger partial charge in [0.25, 0.3) is 0 Å². The van der Waals surface area contributed by atoms with Gasteiger partial charge in [-0.25, -0.2) is 0 Å². The highest BCUT2D eigenvalue weighted by molar-refractivity contribution is 4.94. The summed E-state index contributed by atoms with van der Waals surface area (Å²) in [6.07, 6.45) is 4.09. The number of rotatable bonds is 2. The SMILES string of the molecule is CC1(CN2CCC(C(C)(C)C)C2)CCCN1. The Bertz CT molecular complexity index is 236. The first kappa shape index (κ1) is 12.4. The predicted molar refractivity (Wildman–Crippen MR) is 69.6 cm³/mol. The Morgan fingerprint density at radius 3 is 2.62 bits per heavy atom. The molecule has 2 saturated heterocycles. The second kappa shape index (κ2) is 4.30. The van der Waals surface area contributed by atoms with Gasteiger partial charge in [-0.15, -0.1) is 0 Å². The molecule has 0 aromatic carbocycles. The van der Waals surface area contributed by atoms with Crippen molar-refractivity contribution >= 4 is 0 Å². The maximum atomic E-state index is 3.67. The van der Waals surface area contributed by atoms with Crippen LogP contribution < -0.4 is 5.32 Å². The van der Waals surface area contributed by atoms with E-state index in [4.69, 9.17) is 0 Å². The lowest BCUT2D eigenvalue weighted by Crippen LogP contribution is -2.47. The molecule has 0 spiro atoms. The molecule has 2 atom stereocenters. The van der Waals surface area contributed by atoms with E-state index in [2.05, 4.69) is 37.9 Å². The van der Waals surface area contributed by atoms with Crippen LogP contribution in [0.4, 0.5) is 0 Å². The van der Waals surface area contributed by atoms with Crippen molar-refractivity contribution in [2.45, 2.75) is 52.5 Å². The molecule has 0 aliphatic carbocycles. The minimum absolute atomic E-state index is 0.396. The summed E-state index contributed by atoms with van der Waals surface area (Å²) in [7, 11) is 0. The van der Waals surface area contributed by atoms with Crippen LogP contribution in [0.2, 0.25) is 0 Å². The van der Waals surface area contributed by atoms with Crippen LogP contribution >= 0.6 is 0 Å². The van der Waals surface area contributed by atoms with Crippen molar-refractivity contribution in [2.24, 2.45) is 11.3 Å². The minimum atomic E-state index is 0.396.